The van der Waals surface area contributed by atoms with Crippen molar-refractivity contribution in [3.63, 3.8) is 0 Å². The number of halogens is 1. The number of nitrogens with zero attached hydrogens (tertiary/aromatic N) is 1. The number of benzene rings is 1. The largest absolute Gasteiger partial charge is 0.389 e. The summed E-state index contributed by atoms with van der Waals surface area (Å²) in [6.45, 7) is 4.32. The zero-order valence-electron chi connectivity index (χ0n) is 16.5. The average Bonchev–Trinajstić information content (AvgIpc) is 2.71. The normalized spacial score (nSPS) is 21.9. The highest BCUT2D eigenvalue weighted by molar-refractivity contribution is 5.16. The molecule has 1 saturated heterocycles. The third-order valence-corrected chi connectivity index (χ3v) is 6.17. The van der Waals surface area contributed by atoms with Gasteiger partial charge in [-0.1, -0.05) is 43.9 Å². The molecule has 27 heavy (non-hydrogen) atoms. The Kier molecular flexibility index (Phi) is 8.07. The molecule has 1 aromatic carbocycles. The van der Waals surface area contributed by atoms with E-state index >= 15 is 0 Å². The second-order valence-corrected chi connectivity index (χ2v) is 8.22. The quantitative estimate of drug-likeness (QED) is 0.691. The molecule has 0 radical (unpaired) electrons. The maximum absolute atomic E-state index is 13.6. The van der Waals surface area contributed by atoms with Crippen LogP contribution < -0.4 is 5.32 Å². The minimum atomic E-state index is -0.571. The number of piperidine rings is 1. The van der Waals surface area contributed by atoms with Gasteiger partial charge in [0.15, 0.2) is 0 Å². The molecule has 2 N–H and O–H groups in total. The van der Waals surface area contributed by atoms with E-state index in [-0.39, 0.29) is 24.6 Å². The maximum atomic E-state index is 13.6. The van der Waals surface area contributed by atoms with Gasteiger partial charge in [-0.05, 0) is 44.8 Å². The molecule has 1 saturated carbocycles. The van der Waals surface area contributed by atoms with Crippen molar-refractivity contribution >= 4 is 0 Å². The molecule has 5 heteroatoms. The van der Waals surface area contributed by atoms with Crippen LogP contribution in [-0.2, 0) is 11.3 Å². The molecule has 3 rings (SSSR count). The molecular weight excluding hydrogens is 343 g/mol. The Balaban J connectivity index is 1.40. The van der Waals surface area contributed by atoms with Crippen molar-refractivity contribution in [2.75, 3.05) is 32.8 Å². The molecule has 0 spiro atoms. The number of aliphatic hydroxyl groups is 1. The van der Waals surface area contributed by atoms with Gasteiger partial charge < -0.3 is 15.2 Å². The van der Waals surface area contributed by atoms with Crippen LogP contribution in [0.2, 0.25) is 0 Å². The smallest absolute Gasteiger partial charge is 0.128 e. The molecule has 1 aliphatic carbocycles. The van der Waals surface area contributed by atoms with Crippen molar-refractivity contribution in [3.8, 4) is 0 Å². The van der Waals surface area contributed by atoms with Gasteiger partial charge in [0.25, 0.3) is 0 Å². The minimum absolute atomic E-state index is 0.196. The van der Waals surface area contributed by atoms with Gasteiger partial charge >= 0.3 is 0 Å². The zero-order valence-corrected chi connectivity index (χ0v) is 16.5. The first kappa shape index (κ1) is 20.7. The lowest BCUT2D eigenvalue weighted by atomic mass is 9.79. The Morgan fingerprint density at radius 1 is 1.07 bits per heavy atom. The van der Waals surface area contributed by atoms with E-state index in [1.165, 1.54) is 70.5 Å². The van der Waals surface area contributed by atoms with E-state index in [0.29, 0.717) is 12.1 Å². The number of hydrogen-bond donors (Lipinski definition) is 2. The standard InChI is InChI=1S/C22H35FN2O2/c23-21-10-4-3-9-19(21)16-27-17-20(26)15-24-18-22(11-5-1-6-12-22)25-13-7-2-8-14-25/h3-4,9-10,20,24,26H,1-2,5-8,11-18H2. The Morgan fingerprint density at radius 2 is 1.78 bits per heavy atom. The van der Waals surface area contributed by atoms with Gasteiger partial charge in [-0.2, -0.15) is 0 Å². The van der Waals surface area contributed by atoms with Gasteiger partial charge in [0.1, 0.15) is 5.82 Å². The van der Waals surface area contributed by atoms with Crippen LogP contribution in [0.4, 0.5) is 4.39 Å². The van der Waals surface area contributed by atoms with Gasteiger partial charge in [-0.15, -0.1) is 0 Å². The predicted octanol–water partition coefficient (Wildman–Crippen LogP) is 3.48. The van der Waals surface area contributed by atoms with Crippen molar-refractivity contribution in [3.05, 3.63) is 35.6 Å². The second-order valence-electron chi connectivity index (χ2n) is 8.22. The fourth-order valence-electron chi connectivity index (χ4n) is 4.63. The Morgan fingerprint density at radius 3 is 2.52 bits per heavy atom. The van der Waals surface area contributed by atoms with E-state index in [0.717, 1.165) is 6.54 Å². The lowest BCUT2D eigenvalue weighted by Gasteiger charge is -2.48. The van der Waals surface area contributed by atoms with Crippen LogP contribution in [0.25, 0.3) is 0 Å². The molecule has 2 fully saturated rings. The van der Waals surface area contributed by atoms with Crippen LogP contribution in [0.3, 0.4) is 0 Å². The van der Waals surface area contributed by atoms with Gasteiger partial charge in [0.05, 0.1) is 19.3 Å². The molecule has 1 unspecified atom stereocenters. The van der Waals surface area contributed by atoms with E-state index in [9.17, 15) is 9.50 Å². The van der Waals surface area contributed by atoms with Crippen LogP contribution >= 0.6 is 0 Å². The lowest BCUT2D eigenvalue weighted by Crippen LogP contribution is -2.58. The number of hydrogen-bond acceptors (Lipinski definition) is 4. The molecule has 1 atom stereocenters. The number of ether oxygens (including phenoxy) is 1. The molecule has 2 aliphatic rings. The van der Waals surface area contributed by atoms with Crippen molar-refractivity contribution < 1.29 is 14.2 Å². The van der Waals surface area contributed by atoms with Crippen LogP contribution in [0.15, 0.2) is 24.3 Å². The summed E-state index contributed by atoms with van der Waals surface area (Å²) in [5.74, 6) is -0.258. The molecule has 1 heterocycles. The van der Waals surface area contributed by atoms with Crippen molar-refractivity contribution in [1.82, 2.24) is 10.2 Å². The summed E-state index contributed by atoms with van der Waals surface area (Å²) in [6.07, 6.45) is 9.92. The Bertz CT molecular complexity index is 557. The highest BCUT2D eigenvalue weighted by Crippen LogP contribution is 2.35. The Hall–Kier alpha value is -1.01. The van der Waals surface area contributed by atoms with Gasteiger partial charge in [-0.25, -0.2) is 4.39 Å². The van der Waals surface area contributed by atoms with Crippen molar-refractivity contribution in [1.29, 1.82) is 0 Å². The summed E-state index contributed by atoms with van der Waals surface area (Å²) in [5.41, 5.74) is 0.802. The highest BCUT2D eigenvalue weighted by atomic mass is 19.1. The third-order valence-electron chi connectivity index (χ3n) is 6.17. The maximum Gasteiger partial charge on any atom is 0.128 e. The van der Waals surface area contributed by atoms with E-state index < -0.39 is 6.10 Å². The van der Waals surface area contributed by atoms with Gasteiger partial charge in [0, 0.05) is 24.2 Å². The summed E-state index contributed by atoms with van der Waals surface area (Å²) in [6, 6.07) is 6.61. The monoisotopic (exact) mass is 378 g/mol. The molecule has 1 aliphatic heterocycles. The molecule has 1 aromatic rings. The number of likely N-dealkylation sites (tertiary alicyclic amines) is 1. The summed E-state index contributed by atoms with van der Waals surface area (Å²) in [7, 11) is 0. The molecule has 0 amide bonds. The minimum Gasteiger partial charge on any atom is -0.389 e. The average molecular weight is 379 g/mol. The number of rotatable bonds is 9. The van der Waals surface area contributed by atoms with Crippen LogP contribution in [0.1, 0.15) is 56.9 Å². The molecule has 0 bridgehead atoms. The van der Waals surface area contributed by atoms with Crippen molar-refractivity contribution in [2.45, 2.75) is 69.6 Å². The van der Waals surface area contributed by atoms with Crippen LogP contribution in [0.5, 0.6) is 0 Å². The molecule has 4 nitrogen and oxygen atoms in total. The van der Waals surface area contributed by atoms with Crippen LogP contribution in [-0.4, -0.2) is 54.4 Å². The Labute approximate surface area is 163 Å². The SMILES string of the molecule is OC(CNCC1(N2CCCCC2)CCCCC1)COCc1ccccc1F. The van der Waals surface area contributed by atoms with E-state index in [1.807, 2.05) is 0 Å². The summed E-state index contributed by atoms with van der Waals surface area (Å²) < 4.78 is 19.1. The van der Waals surface area contributed by atoms with E-state index in [4.69, 9.17) is 4.74 Å². The summed E-state index contributed by atoms with van der Waals surface area (Å²) >= 11 is 0. The third kappa shape index (κ3) is 5.98. The summed E-state index contributed by atoms with van der Waals surface area (Å²) in [4.78, 5) is 2.71. The predicted molar refractivity (Wildman–Crippen MR) is 106 cm³/mol. The lowest BCUT2D eigenvalue weighted by molar-refractivity contribution is 0.0146. The second kappa shape index (κ2) is 10.5. The fraction of sp³-hybridized carbons (Fsp3) is 0.727. The molecule has 0 aromatic heterocycles. The number of aliphatic hydroxyl groups excluding tert-OH is 1. The topological polar surface area (TPSA) is 44.7 Å². The van der Waals surface area contributed by atoms with Gasteiger partial charge in [-0.3, -0.25) is 4.90 Å². The zero-order chi connectivity index (χ0) is 19.0. The highest BCUT2D eigenvalue weighted by Gasteiger charge is 2.37. The van der Waals surface area contributed by atoms with Crippen molar-refractivity contribution in [2.24, 2.45) is 0 Å². The molecule has 152 valence electrons. The van der Waals surface area contributed by atoms with Crippen LogP contribution in [0, 0.1) is 5.82 Å². The first-order chi connectivity index (χ1) is 13.2. The van der Waals surface area contributed by atoms with E-state index in [1.54, 1.807) is 18.2 Å². The van der Waals surface area contributed by atoms with Gasteiger partial charge in [0.2, 0.25) is 0 Å². The first-order valence-electron chi connectivity index (χ1n) is 10.6. The first-order valence-corrected chi connectivity index (χ1v) is 10.6. The van der Waals surface area contributed by atoms with E-state index in [2.05, 4.69) is 10.2 Å². The fourth-order valence-corrected chi connectivity index (χ4v) is 4.63. The summed E-state index contributed by atoms with van der Waals surface area (Å²) in [5, 5.41) is 13.7. The molecular formula is C22H35FN2O2. The number of nitrogens with one attached hydrogen (secondary N) is 1.